The zero-order chi connectivity index (χ0) is 15.2. The van der Waals surface area contributed by atoms with Crippen LogP contribution < -0.4 is 11.1 Å². The second-order valence-corrected chi connectivity index (χ2v) is 6.34. The minimum Gasteiger partial charge on any atom is -0.399 e. The molecule has 0 fully saturated rings. The van der Waals surface area contributed by atoms with Gasteiger partial charge in [0.15, 0.2) is 0 Å². The summed E-state index contributed by atoms with van der Waals surface area (Å²) in [6.07, 6.45) is 0.345. The Bertz CT molecular complexity index is 651. The zero-order valence-electron chi connectivity index (χ0n) is 11.1. The van der Waals surface area contributed by atoms with Gasteiger partial charge in [-0.05, 0) is 52.3 Å². The molecule has 0 atom stereocenters. The zero-order valence-corrected chi connectivity index (χ0v) is 13.5. The molecule has 0 radical (unpaired) electrons. The van der Waals surface area contributed by atoms with E-state index in [1.807, 2.05) is 18.2 Å². The Kier molecular flexibility index (Phi) is 5.64. The first kappa shape index (κ1) is 15.9. The first-order valence-electron chi connectivity index (χ1n) is 6.28. The van der Waals surface area contributed by atoms with Crippen LogP contribution in [-0.2, 0) is 4.79 Å². The smallest absolute Gasteiger partial charge is 0.225 e. The molecule has 1 amide bonds. The fourth-order valence-corrected chi connectivity index (χ4v) is 3.29. The number of benzene rings is 2. The van der Waals surface area contributed by atoms with Crippen molar-refractivity contribution in [1.29, 1.82) is 0 Å². The van der Waals surface area contributed by atoms with Crippen molar-refractivity contribution in [2.45, 2.75) is 11.3 Å². The van der Waals surface area contributed by atoms with E-state index in [-0.39, 0.29) is 11.7 Å². The predicted octanol–water partition coefficient (Wildman–Crippen LogP) is 4.29. The molecule has 0 heterocycles. The molecule has 3 N–H and O–H groups in total. The summed E-state index contributed by atoms with van der Waals surface area (Å²) in [6, 6.07) is 11.4. The van der Waals surface area contributed by atoms with E-state index in [0.717, 1.165) is 9.37 Å². The minimum absolute atomic E-state index is 0.139. The standard InChI is InChI=1S/C15H14BrFN2OS/c16-13-9-11(18)4-5-14(13)21-7-6-15(20)19-12-3-1-2-10(17)8-12/h1-5,8-9H,6-7,18H2,(H,19,20). The first-order chi connectivity index (χ1) is 10.0. The van der Waals surface area contributed by atoms with E-state index in [9.17, 15) is 9.18 Å². The number of thioether (sulfide) groups is 1. The predicted molar refractivity (Wildman–Crippen MR) is 88.9 cm³/mol. The van der Waals surface area contributed by atoms with Crippen molar-refractivity contribution < 1.29 is 9.18 Å². The molecule has 3 nitrogen and oxygen atoms in total. The minimum atomic E-state index is -0.368. The molecule has 0 aliphatic carbocycles. The van der Waals surface area contributed by atoms with E-state index in [1.54, 1.807) is 23.9 Å². The average molecular weight is 369 g/mol. The lowest BCUT2D eigenvalue weighted by Crippen LogP contribution is -2.12. The van der Waals surface area contributed by atoms with E-state index < -0.39 is 0 Å². The highest BCUT2D eigenvalue weighted by Gasteiger charge is 2.06. The maximum absolute atomic E-state index is 13.0. The van der Waals surface area contributed by atoms with Crippen molar-refractivity contribution >= 4 is 45.0 Å². The molecule has 0 saturated heterocycles. The van der Waals surface area contributed by atoms with Gasteiger partial charge in [-0.15, -0.1) is 11.8 Å². The van der Waals surface area contributed by atoms with E-state index in [2.05, 4.69) is 21.2 Å². The van der Waals surface area contributed by atoms with E-state index in [0.29, 0.717) is 23.5 Å². The third-order valence-electron chi connectivity index (χ3n) is 2.65. The van der Waals surface area contributed by atoms with Gasteiger partial charge in [0.25, 0.3) is 0 Å². The van der Waals surface area contributed by atoms with Gasteiger partial charge in [-0.2, -0.15) is 0 Å². The summed E-state index contributed by atoms with van der Waals surface area (Å²) >= 11 is 4.99. The van der Waals surface area contributed by atoms with Gasteiger partial charge in [-0.25, -0.2) is 4.39 Å². The van der Waals surface area contributed by atoms with Crippen molar-refractivity contribution in [1.82, 2.24) is 0 Å². The fourth-order valence-electron chi connectivity index (χ4n) is 1.68. The lowest BCUT2D eigenvalue weighted by atomic mass is 10.3. The maximum Gasteiger partial charge on any atom is 0.225 e. The fraction of sp³-hybridized carbons (Fsp3) is 0.133. The molecule has 6 heteroatoms. The summed E-state index contributed by atoms with van der Waals surface area (Å²) in [6.45, 7) is 0. The van der Waals surface area contributed by atoms with Gasteiger partial charge in [0.05, 0.1) is 0 Å². The highest BCUT2D eigenvalue weighted by molar-refractivity contribution is 9.10. The summed E-state index contributed by atoms with van der Waals surface area (Å²) in [5.74, 6) is 0.122. The number of anilines is 2. The molecule has 0 unspecified atom stereocenters. The van der Waals surface area contributed by atoms with Crippen molar-refractivity contribution in [3.8, 4) is 0 Å². The lowest BCUT2D eigenvalue weighted by Gasteiger charge is -2.07. The number of halogens is 2. The van der Waals surface area contributed by atoms with Crippen molar-refractivity contribution in [3.05, 3.63) is 52.8 Å². The van der Waals surface area contributed by atoms with Crippen LogP contribution in [0.4, 0.5) is 15.8 Å². The van der Waals surface area contributed by atoms with Crippen LogP contribution in [0.1, 0.15) is 6.42 Å². The number of nitrogen functional groups attached to an aromatic ring is 1. The number of nitrogens with two attached hydrogens (primary N) is 1. The maximum atomic E-state index is 13.0. The third-order valence-corrected chi connectivity index (χ3v) is 4.64. The van der Waals surface area contributed by atoms with Gasteiger partial charge < -0.3 is 11.1 Å². The molecule has 0 bridgehead atoms. The van der Waals surface area contributed by atoms with Crippen LogP contribution >= 0.6 is 27.7 Å². The van der Waals surface area contributed by atoms with Crippen LogP contribution in [0.25, 0.3) is 0 Å². The lowest BCUT2D eigenvalue weighted by molar-refractivity contribution is -0.115. The number of amides is 1. The molecular weight excluding hydrogens is 355 g/mol. The molecule has 0 aliphatic rings. The highest BCUT2D eigenvalue weighted by atomic mass is 79.9. The van der Waals surface area contributed by atoms with Crippen molar-refractivity contribution in [2.75, 3.05) is 16.8 Å². The number of rotatable bonds is 5. The topological polar surface area (TPSA) is 55.1 Å². The van der Waals surface area contributed by atoms with Crippen molar-refractivity contribution in [2.24, 2.45) is 0 Å². The molecule has 0 aliphatic heterocycles. The summed E-state index contributed by atoms with van der Waals surface area (Å²) in [4.78, 5) is 12.8. The summed E-state index contributed by atoms with van der Waals surface area (Å²) in [5, 5.41) is 2.67. The second-order valence-electron chi connectivity index (χ2n) is 4.35. The summed E-state index contributed by atoms with van der Waals surface area (Å²) in [5.41, 5.74) is 6.83. The van der Waals surface area contributed by atoms with Gasteiger partial charge in [0.1, 0.15) is 5.82 Å². The molecular formula is C15H14BrFN2OS. The molecule has 0 saturated carbocycles. The van der Waals surface area contributed by atoms with Gasteiger partial charge >= 0.3 is 0 Å². The third kappa shape index (κ3) is 5.06. The SMILES string of the molecule is Nc1ccc(SCCC(=O)Nc2cccc(F)c2)c(Br)c1. The number of carbonyl (C=O) groups is 1. The Morgan fingerprint density at radius 2 is 2.10 bits per heavy atom. The average Bonchev–Trinajstić information content (AvgIpc) is 2.41. The van der Waals surface area contributed by atoms with Crippen LogP contribution in [0.15, 0.2) is 51.8 Å². The normalized spacial score (nSPS) is 10.4. The Morgan fingerprint density at radius 3 is 2.81 bits per heavy atom. The second kappa shape index (κ2) is 7.47. The first-order valence-corrected chi connectivity index (χ1v) is 8.06. The van der Waals surface area contributed by atoms with Gasteiger partial charge in [0, 0.05) is 32.9 Å². The van der Waals surface area contributed by atoms with Crippen LogP contribution in [0.2, 0.25) is 0 Å². The molecule has 0 spiro atoms. The molecule has 2 rings (SSSR count). The Labute approximate surface area is 135 Å². The molecule has 21 heavy (non-hydrogen) atoms. The molecule has 110 valence electrons. The van der Waals surface area contributed by atoms with Gasteiger partial charge in [0.2, 0.25) is 5.91 Å². The highest BCUT2D eigenvalue weighted by Crippen LogP contribution is 2.29. The number of hydrogen-bond acceptors (Lipinski definition) is 3. The van der Waals surface area contributed by atoms with Crippen LogP contribution in [0, 0.1) is 5.82 Å². The van der Waals surface area contributed by atoms with Crippen LogP contribution in [0.3, 0.4) is 0 Å². The summed E-state index contributed by atoms with van der Waals surface area (Å²) in [7, 11) is 0. The number of nitrogens with one attached hydrogen (secondary N) is 1. The van der Waals surface area contributed by atoms with Crippen LogP contribution in [0.5, 0.6) is 0 Å². The van der Waals surface area contributed by atoms with Crippen LogP contribution in [-0.4, -0.2) is 11.7 Å². The van der Waals surface area contributed by atoms with E-state index in [1.165, 1.54) is 12.1 Å². The van der Waals surface area contributed by atoms with E-state index in [4.69, 9.17) is 5.73 Å². The summed E-state index contributed by atoms with van der Waals surface area (Å²) < 4.78 is 13.9. The number of hydrogen-bond donors (Lipinski definition) is 2. The largest absolute Gasteiger partial charge is 0.399 e. The Balaban J connectivity index is 1.81. The molecule has 2 aromatic carbocycles. The quantitative estimate of drug-likeness (QED) is 0.611. The van der Waals surface area contributed by atoms with E-state index >= 15 is 0 Å². The number of carbonyl (C=O) groups excluding carboxylic acids is 1. The van der Waals surface area contributed by atoms with Gasteiger partial charge in [-0.1, -0.05) is 6.07 Å². The molecule has 2 aromatic rings. The Morgan fingerprint density at radius 1 is 1.29 bits per heavy atom. The molecule has 0 aromatic heterocycles. The Hall–Kier alpha value is -1.53. The monoisotopic (exact) mass is 368 g/mol. The van der Waals surface area contributed by atoms with Gasteiger partial charge in [-0.3, -0.25) is 4.79 Å². The van der Waals surface area contributed by atoms with Crippen molar-refractivity contribution in [3.63, 3.8) is 0 Å².